The fraction of sp³-hybridized carbons (Fsp3) is 0.231. The number of alkyl halides is 1. The average Bonchev–Trinajstić information content (AvgIpc) is 2.39. The molecular formula is C13H13BrN2. The van der Waals surface area contributed by atoms with Crippen LogP contribution in [0.2, 0.25) is 0 Å². The van der Waals surface area contributed by atoms with Crippen LogP contribution in [0.5, 0.6) is 0 Å². The van der Waals surface area contributed by atoms with Gasteiger partial charge in [-0.05, 0) is 41.3 Å². The highest BCUT2D eigenvalue weighted by Gasteiger charge is 2.17. The number of rotatable bonds is 3. The molecule has 0 aliphatic carbocycles. The third kappa shape index (κ3) is 2.47. The molecule has 0 spiro atoms. The van der Waals surface area contributed by atoms with E-state index in [2.05, 4.69) is 45.0 Å². The third-order valence-electron chi connectivity index (χ3n) is 2.70. The minimum Gasteiger partial charge on any atom is -0.265 e. The van der Waals surface area contributed by atoms with Gasteiger partial charge in [0.25, 0.3) is 0 Å². The molecule has 82 valence electrons. The monoisotopic (exact) mass is 276 g/mol. The Balaban J connectivity index is 2.20. The SMILES string of the molecule is CC(c1ccncc1)C(Br)c1ccncc1. The van der Waals surface area contributed by atoms with E-state index in [9.17, 15) is 0 Å². The van der Waals surface area contributed by atoms with Gasteiger partial charge in [0, 0.05) is 29.6 Å². The predicted octanol–water partition coefficient (Wildman–Crippen LogP) is 3.72. The van der Waals surface area contributed by atoms with Crippen molar-refractivity contribution in [2.24, 2.45) is 0 Å². The highest BCUT2D eigenvalue weighted by Crippen LogP contribution is 2.36. The summed E-state index contributed by atoms with van der Waals surface area (Å²) in [6, 6.07) is 8.19. The van der Waals surface area contributed by atoms with E-state index in [0.29, 0.717) is 10.7 Å². The van der Waals surface area contributed by atoms with Crippen LogP contribution in [0.1, 0.15) is 28.8 Å². The summed E-state index contributed by atoms with van der Waals surface area (Å²) in [6.07, 6.45) is 7.31. The van der Waals surface area contributed by atoms with Gasteiger partial charge < -0.3 is 0 Å². The van der Waals surface area contributed by atoms with Crippen molar-refractivity contribution in [3.05, 3.63) is 60.2 Å². The first-order chi connectivity index (χ1) is 7.79. The molecule has 2 aromatic rings. The number of nitrogens with zero attached hydrogens (tertiary/aromatic N) is 2. The fourth-order valence-corrected chi connectivity index (χ4v) is 2.28. The van der Waals surface area contributed by atoms with Crippen LogP contribution in [0.15, 0.2) is 49.1 Å². The van der Waals surface area contributed by atoms with Gasteiger partial charge in [0.2, 0.25) is 0 Å². The second kappa shape index (κ2) is 5.21. The molecule has 16 heavy (non-hydrogen) atoms. The highest BCUT2D eigenvalue weighted by molar-refractivity contribution is 9.09. The standard InChI is InChI=1S/C13H13BrN2/c1-10(11-2-6-15-7-3-11)13(14)12-4-8-16-9-5-12/h2-10,13H,1H3. The zero-order valence-electron chi connectivity index (χ0n) is 9.05. The van der Waals surface area contributed by atoms with Crippen molar-refractivity contribution in [2.45, 2.75) is 17.7 Å². The maximum absolute atomic E-state index is 4.03. The second-order valence-electron chi connectivity index (χ2n) is 3.75. The summed E-state index contributed by atoms with van der Waals surface area (Å²) >= 11 is 3.74. The molecule has 0 bridgehead atoms. The Labute approximate surface area is 104 Å². The summed E-state index contributed by atoms with van der Waals surface area (Å²) in [6.45, 7) is 2.20. The maximum atomic E-state index is 4.03. The molecule has 2 atom stereocenters. The van der Waals surface area contributed by atoms with Gasteiger partial charge in [-0.1, -0.05) is 22.9 Å². The van der Waals surface area contributed by atoms with Gasteiger partial charge in [0.1, 0.15) is 0 Å². The molecule has 0 radical (unpaired) electrons. The molecule has 0 aliphatic heterocycles. The Morgan fingerprint density at radius 1 is 0.875 bits per heavy atom. The third-order valence-corrected chi connectivity index (χ3v) is 4.02. The molecule has 0 aliphatic rings. The van der Waals surface area contributed by atoms with Crippen molar-refractivity contribution in [3.8, 4) is 0 Å². The number of hydrogen-bond donors (Lipinski definition) is 0. The van der Waals surface area contributed by atoms with Crippen LogP contribution in [-0.2, 0) is 0 Å². The zero-order chi connectivity index (χ0) is 11.4. The quantitative estimate of drug-likeness (QED) is 0.799. The first-order valence-electron chi connectivity index (χ1n) is 5.23. The summed E-state index contributed by atoms with van der Waals surface area (Å²) < 4.78 is 0. The molecule has 2 rings (SSSR count). The van der Waals surface area contributed by atoms with E-state index in [-0.39, 0.29) is 0 Å². The number of aromatic nitrogens is 2. The van der Waals surface area contributed by atoms with E-state index >= 15 is 0 Å². The summed E-state index contributed by atoms with van der Waals surface area (Å²) in [4.78, 5) is 8.37. The molecule has 0 fully saturated rings. The normalized spacial score (nSPS) is 14.4. The lowest BCUT2D eigenvalue weighted by Gasteiger charge is -2.18. The smallest absolute Gasteiger partial charge is 0.0462 e. The van der Waals surface area contributed by atoms with Crippen molar-refractivity contribution in [1.29, 1.82) is 0 Å². The predicted molar refractivity (Wildman–Crippen MR) is 68.6 cm³/mol. The van der Waals surface area contributed by atoms with E-state index in [1.807, 2.05) is 36.9 Å². The van der Waals surface area contributed by atoms with E-state index in [1.165, 1.54) is 11.1 Å². The fourth-order valence-electron chi connectivity index (χ4n) is 1.67. The lowest BCUT2D eigenvalue weighted by Crippen LogP contribution is -2.02. The zero-order valence-corrected chi connectivity index (χ0v) is 10.6. The van der Waals surface area contributed by atoms with Crippen molar-refractivity contribution < 1.29 is 0 Å². The van der Waals surface area contributed by atoms with Crippen LogP contribution in [0.25, 0.3) is 0 Å². The number of hydrogen-bond acceptors (Lipinski definition) is 2. The van der Waals surface area contributed by atoms with Gasteiger partial charge in [0.15, 0.2) is 0 Å². The molecular weight excluding hydrogens is 264 g/mol. The Hall–Kier alpha value is -1.22. The molecule has 0 N–H and O–H groups in total. The first-order valence-corrected chi connectivity index (χ1v) is 6.14. The first kappa shape index (κ1) is 11.3. The minimum absolute atomic E-state index is 0.304. The summed E-state index contributed by atoms with van der Waals surface area (Å²) in [5, 5.41) is 0. The molecule has 2 heterocycles. The van der Waals surface area contributed by atoms with E-state index in [1.54, 1.807) is 0 Å². The number of halogens is 1. The average molecular weight is 277 g/mol. The van der Waals surface area contributed by atoms with Crippen LogP contribution in [-0.4, -0.2) is 9.97 Å². The highest BCUT2D eigenvalue weighted by atomic mass is 79.9. The lowest BCUT2D eigenvalue weighted by atomic mass is 9.95. The van der Waals surface area contributed by atoms with Crippen LogP contribution >= 0.6 is 15.9 Å². The summed E-state index contributed by atoms with van der Waals surface area (Å²) in [5.74, 6) is 0.408. The molecule has 0 saturated heterocycles. The molecule has 0 amide bonds. The molecule has 2 unspecified atom stereocenters. The lowest BCUT2D eigenvalue weighted by molar-refractivity contribution is 0.749. The molecule has 2 aromatic heterocycles. The Bertz CT molecular complexity index is 387. The Kier molecular flexibility index (Phi) is 3.67. The van der Waals surface area contributed by atoms with Crippen LogP contribution in [0.3, 0.4) is 0 Å². The van der Waals surface area contributed by atoms with Gasteiger partial charge in [-0.25, -0.2) is 0 Å². The topological polar surface area (TPSA) is 25.8 Å². The largest absolute Gasteiger partial charge is 0.265 e. The molecule has 2 nitrogen and oxygen atoms in total. The van der Waals surface area contributed by atoms with Gasteiger partial charge in [-0.2, -0.15) is 0 Å². The van der Waals surface area contributed by atoms with Gasteiger partial charge >= 0.3 is 0 Å². The summed E-state index contributed by atoms with van der Waals surface area (Å²) in [5.41, 5.74) is 2.54. The van der Waals surface area contributed by atoms with Crippen molar-refractivity contribution in [3.63, 3.8) is 0 Å². The molecule has 0 aromatic carbocycles. The van der Waals surface area contributed by atoms with Crippen LogP contribution < -0.4 is 0 Å². The van der Waals surface area contributed by atoms with Crippen LogP contribution in [0, 0.1) is 0 Å². The van der Waals surface area contributed by atoms with Crippen molar-refractivity contribution in [2.75, 3.05) is 0 Å². The minimum atomic E-state index is 0.304. The van der Waals surface area contributed by atoms with E-state index in [4.69, 9.17) is 0 Å². The van der Waals surface area contributed by atoms with Crippen molar-refractivity contribution >= 4 is 15.9 Å². The summed E-state index contributed by atoms with van der Waals surface area (Å²) in [7, 11) is 0. The second-order valence-corrected chi connectivity index (χ2v) is 4.74. The number of pyridine rings is 2. The molecule has 0 saturated carbocycles. The maximum Gasteiger partial charge on any atom is 0.0462 e. The van der Waals surface area contributed by atoms with Gasteiger partial charge in [0.05, 0.1) is 0 Å². The van der Waals surface area contributed by atoms with Crippen molar-refractivity contribution in [1.82, 2.24) is 9.97 Å². The Morgan fingerprint density at radius 2 is 1.31 bits per heavy atom. The Morgan fingerprint density at radius 3 is 1.81 bits per heavy atom. The molecule has 3 heteroatoms. The van der Waals surface area contributed by atoms with Gasteiger partial charge in [-0.15, -0.1) is 0 Å². The van der Waals surface area contributed by atoms with Gasteiger partial charge in [-0.3, -0.25) is 9.97 Å². The van der Waals surface area contributed by atoms with E-state index < -0.39 is 0 Å². The van der Waals surface area contributed by atoms with E-state index in [0.717, 1.165) is 0 Å². The van der Waals surface area contributed by atoms with Crippen LogP contribution in [0.4, 0.5) is 0 Å².